The largest absolute Gasteiger partial charge is 0.488 e. The van der Waals surface area contributed by atoms with Gasteiger partial charge in [0.05, 0.1) is 24.1 Å². The van der Waals surface area contributed by atoms with E-state index < -0.39 is 34.6 Å². The van der Waals surface area contributed by atoms with Gasteiger partial charge in [0.15, 0.2) is 0 Å². The molecule has 206 valence electrons. The number of ether oxygens (including phenoxy) is 2. The van der Waals surface area contributed by atoms with Gasteiger partial charge in [-0.1, -0.05) is 6.92 Å². The Hall–Kier alpha value is -3.50. The molecular weight excluding hydrogens is 509 g/mol. The third-order valence-electron chi connectivity index (χ3n) is 7.27. The first-order valence-corrected chi connectivity index (χ1v) is 13.2. The number of carbonyl (C=O) groups is 1. The predicted molar refractivity (Wildman–Crippen MR) is 140 cm³/mol. The van der Waals surface area contributed by atoms with Crippen molar-refractivity contribution in [2.24, 2.45) is 11.7 Å². The van der Waals surface area contributed by atoms with Gasteiger partial charge in [-0.3, -0.25) is 9.78 Å². The molecule has 2 aliphatic rings. The van der Waals surface area contributed by atoms with Crippen LogP contribution < -0.4 is 15.8 Å². The van der Waals surface area contributed by atoms with Crippen molar-refractivity contribution in [3.8, 4) is 17.0 Å². The fourth-order valence-electron chi connectivity index (χ4n) is 5.55. The fourth-order valence-corrected chi connectivity index (χ4v) is 5.55. The van der Waals surface area contributed by atoms with E-state index in [1.54, 1.807) is 6.20 Å². The fraction of sp³-hybridized carbons (Fsp3) is 0.414. The Bertz CT molecular complexity index is 1320. The molecule has 1 saturated carbocycles. The number of halogens is 3. The van der Waals surface area contributed by atoms with Crippen molar-refractivity contribution in [2.75, 3.05) is 18.5 Å². The summed E-state index contributed by atoms with van der Waals surface area (Å²) in [5.74, 6) is -3.18. The van der Waals surface area contributed by atoms with Crippen LogP contribution in [0.4, 0.5) is 18.9 Å². The van der Waals surface area contributed by atoms with Crippen LogP contribution in [0, 0.1) is 23.4 Å². The summed E-state index contributed by atoms with van der Waals surface area (Å²) >= 11 is 0. The molecule has 7 nitrogen and oxygen atoms in total. The van der Waals surface area contributed by atoms with Gasteiger partial charge in [0.1, 0.15) is 40.7 Å². The maximum atomic E-state index is 15.1. The number of amides is 1. The summed E-state index contributed by atoms with van der Waals surface area (Å²) in [6.45, 7) is 3.09. The Balaban J connectivity index is 1.38. The van der Waals surface area contributed by atoms with Crippen LogP contribution >= 0.6 is 0 Å². The molecule has 1 aliphatic carbocycles. The molecule has 2 fully saturated rings. The number of pyridine rings is 2. The first kappa shape index (κ1) is 27.1. The number of aromatic nitrogens is 2. The zero-order valence-electron chi connectivity index (χ0n) is 21.6. The standard InChI is InChI=1S/C29H31F3N4O3/c1-16-9-17(11-18(33)10-16)21-6-7-34-14-26(21)36-29(37)25-5-4-22(30)28(35-25)27-23(31)12-20(13-24(27)32)39-19-3-2-8-38-15-19/h4-7,12-14,16-19H,2-3,8-11,15,33H2,1H3,(H,36,37)/t16-,17+,18-,19+/m0/s1. The van der Waals surface area contributed by atoms with Crippen LogP contribution in [0.1, 0.15) is 61.0 Å². The zero-order chi connectivity index (χ0) is 27.5. The van der Waals surface area contributed by atoms with Crippen molar-refractivity contribution in [1.82, 2.24) is 9.97 Å². The summed E-state index contributed by atoms with van der Waals surface area (Å²) in [5.41, 5.74) is 6.15. The predicted octanol–water partition coefficient (Wildman–Crippen LogP) is 5.60. The van der Waals surface area contributed by atoms with Gasteiger partial charge in [0, 0.05) is 31.0 Å². The lowest BCUT2D eigenvalue weighted by Gasteiger charge is -2.32. The quantitative estimate of drug-likeness (QED) is 0.422. The van der Waals surface area contributed by atoms with E-state index in [-0.39, 0.29) is 29.5 Å². The highest BCUT2D eigenvalue weighted by Crippen LogP contribution is 2.38. The van der Waals surface area contributed by atoms with Crippen LogP contribution in [-0.2, 0) is 4.74 Å². The molecule has 4 atom stereocenters. The van der Waals surface area contributed by atoms with Gasteiger partial charge in [-0.15, -0.1) is 0 Å². The van der Waals surface area contributed by atoms with Gasteiger partial charge in [-0.05, 0) is 67.7 Å². The van der Waals surface area contributed by atoms with E-state index in [1.807, 2.05) is 6.07 Å². The van der Waals surface area contributed by atoms with Gasteiger partial charge < -0.3 is 20.5 Å². The van der Waals surface area contributed by atoms with Crippen LogP contribution in [0.15, 0.2) is 42.7 Å². The van der Waals surface area contributed by atoms with Crippen molar-refractivity contribution in [3.05, 3.63) is 71.4 Å². The minimum atomic E-state index is -1.05. The molecule has 2 aromatic heterocycles. The van der Waals surface area contributed by atoms with E-state index in [0.717, 1.165) is 49.4 Å². The van der Waals surface area contributed by atoms with Gasteiger partial charge in [-0.2, -0.15) is 0 Å². The Labute approximate surface area is 224 Å². The number of anilines is 1. The molecule has 0 spiro atoms. The minimum Gasteiger partial charge on any atom is -0.488 e. The van der Waals surface area contributed by atoms with Crippen LogP contribution in [0.2, 0.25) is 0 Å². The van der Waals surface area contributed by atoms with Gasteiger partial charge in [-0.25, -0.2) is 18.2 Å². The monoisotopic (exact) mass is 540 g/mol. The number of nitrogens with one attached hydrogen (secondary N) is 1. The second-order valence-corrected chi connectivity index (χ2v) is 10.4. The maximum absolute atomic E-state index is 15.1. The van der Waals surface area contributed by atoms with E-state index in [9.17, 15) is 9.18 Å². The normalized spacial score (nSPS) is 23.3. The Morgan fingerprint density at radius 3 is 2.62 bits per heavy atom. The van der Waals surface area contributed by atoms with Crippen LogP contribution in [0.3, 0.4) is 0 Å². The molecule has 5 rings (SSSR count). The van der Waals surface area contributed by atoms with Gasteiger partial charge >= 0.3 is 0 Å². The highest BCUT2D eigenvalue weighted by Gasteiger charge is 2.28. The number of nitrogens with zero attached hydrogens (tertiary/aromatic N) is 2. The minimum absolute atomic E-state index is 0.0283. The highest BCUT2D eigenvalue weighted by atomic mass is 19.1. The third kappa shape index (κ3) is 6.23. The Kier molecular flexibility index (Phi) is 8.13. The van der Waals surface area contributed by atoms with E-state index >= 15 is 8.78 Å². The zero-order valence-corrected chi connectivity index (χ0v) is 21.6. The molecule has 0 radical (unpaired) electrons. The molecule has 3 aromatic rings. The Morgan fingerprint density at radius 2 is 1.90 bits per heavy atom. The smallest absolute Gasteiger partial charge is 0.274 e. The third-order valence-corrected chi connectivity index (χ3v) is 7.27. The summed E-state index contributed by atoms with van der Waals surface area (Å²) in [5, 5.41) is 2.79. The lowest BCUT2D eigenvalue weighted by atomic mass is 9.76. The molecule has 3 N–H and O–H groups in total. The van der Waals surface area contributed by atoms with Crippen molar-refractivity contribution < 1.29 is 27.4 Å². The van der Waals surface area contributed by atoms with E-state index in [0.29, 0.717) is 31.2 Å². The van der Waals surface area contributed by atoms with Crippen LogP contribution in [0.25, 0.3) is 11.3 Å². The molecule has 10 heteroatoms. The van der Waals surface area contributed by atoms with Gasteiger partial charge in [0.2, 0.25) is 0 Å². The van der Waals surface area contributed by atoms with Crippen LogP contribution in [0.5, 0.6) is 5.75 Å². The molecule has 1 saturated heterocycles. The Morgan fingerprint density at radius 1 is 1.10 bits per heavy atom. The number of carbonyl (C=O) groups excluding carboxylic acids is 1. The molecule has 39 heavy (non-hydrogen) atoms. The topological polar surface area (TPSA) is 99.4 Å². The molecule has 1 aliphatic heterocycles. The molecule has 0 bridgehead atoms. The van der Waals surface area contributed by atoms with E-state index in [2.05, 4.69) is 22.2 Å². The molecule has 3 heterocycles. The summed E-state index contributed by atoms with van der Waals surface area (Å²) in [6.07, 6.45) is 7.00. The number of benzene rings is 1. The SMILES string of the molecule is C[C@@H]1C[C@H](N)C[C@H](c2ccncc2NC(=O)c2ccc(F)c(-c3c(F)cc(O[C@@H]4CCCOC4)cc3F)n2)C1. The first-order chi connectivity index (χ1) is 18.8. The number of rotatable bonds is 6. The first-order valence-electron chi connectivity index (χ1n) is 13.2. The maximum Gasteiger partial charge on any atom is 0.274 e. The summed E-state index contributed by atoms with van der Waals surface area (Å²) in [7, 11) is 0. The molecule has 0 unspecified atom stereocenters. The number of hydrogen-bond donors (Lipinski definition) is 2. The van der Waals surface area contributed by atoms with Crippen molar-refractivity contribution >= 4 is 11.6 Å². The van der Waals surface area contributed by atoms with Crippen molar-refractivity contribution in [2.45, 2.75) is 57.1 Å². The average Bonchev–Trinajstić information content (AvgIpc) is 2.89. The van der Waals surface area contributed by atoms with E-state index in [4.69, 9.17) is 15.2 Å². The van der Waals surface area contributed by atoms with Crippen molar-refractivity contribution in [3.63, 3.8) is 0 Å². The second-order valence-electron chi connectivity index (χ2n) is 10.4. The molecular formula is C29H31F3N4O3. The lowest BCUT2D eigenvalue weighted by molar-refractivity contribution is 0.00720. The lowest BCUT2D eigenvalue weighted by Crippen LogP contribution is -2.31. The highest BCUT2D eigenvalue weighted by molar-refractivity contribution is 6.03. The van der Waals surface area contributed by atoms with Crippen molar-refractivity contribution in [1.29, 1.82) is 0 Å². The van der Waals surface area contributed by atoms with Crippen LogP contribution in [-0.4, -0.2) is 41.2 Å². The number of nitrogens with two attached hydrogens (primary N) is 1. The van der Waals surface area contributed by atoms with Gasteiger partial charge in [0.25, 0.3) is 5.91 Å². The molecule has 1 amide bonds. The average molecular weight is 541 g/mol. The molecule has 1 aromatic carbocycles. The summed E-state index contributed by atoms with van der Waals surface area (Å²) in [6, 6.07) is 6.01. The summed E-state index contributed by atoms with van der Waals surface area (Å²) in [4.78, 5) is 21.3. The number of hydrogen-bond acceptors (Lipinski definition) is 6. The summed E-state index contributed by atoms with van der Waals surface area (Å²) < 4.78 is 55.9. The van der Waals surface area contributed by atoms with E-state index in [1.165, 1.54) is 12.3 Å². The second kappa shape index (κ2) is 11.7.